The van der Waals surface area contributed by atoms with E-state index in [1.807, 2.05) is 11.8 Å². The van der Waals surface area contributed by atoms with Crippen LogP contribution in [0.25, 0.3) is 0 Å². The van der Waals surface area contributed by atoms with Gasteiger partial charge in [-0.15, -0.1) is 0 Å². The number of aryl methyl sites for hydroxylation is 2. The van der Waals surface area contributed by atoms with Gasteiger partial charge in [0.1, 0.15) is 11.3 Å². The molecule has 1 aromatic rings. The molecule has 5 heteroatoms. The number of amides is 1. The summed E-state index contributed by atoms with van der Waals surface area (Å²) in [5, 5.41) is 7.23. The van der Waals surface area contributed by atoms with Crippen molar-refractivity contribution < 1.29 is 9.32 Å². The molecular weight excluding hydrogens is 242 g/mol. The van der Waals surface area contributed by atoms with Gasteiger partial charge in [0.15, 0.2) is 0 Å². The van der Waals surface area contributed by atoms with E-state index in [4.69, 9.17) is 4.52 Å². The molecule has 1 aliphatic rings. The Morgan fingerprint density at radius 2 is 2.11 bits per heavy atom. The van der Waals surface area contributed by atoms with Gasteiger partial charge in [-0.1, -0.05) is 12.1 Å². The number of aromatic nitrogens is 1. The molecule has 1 N–H and O–H groups in total. The average molecular weight is 265 g/mol. The minimum atomic E-state index is 0.0741. The summed E-state index contributed by atoms with van der Waals surface area (Å²) in [6.07, 6.45) is 3.02. The molecule has 0 aliphatic carbocycles. The van der Waals surface area contributed by atoms with Gasteiger partial charge in [0.05, 0.1) is 5.69 Å². The van der Waals surface area contributed by atoms with Crippen LogP contribution in [-0.2, 0) is 0 Å². The van der Waals surface area contributed by atoms with E-state index in [1.165, 1.54) is 0 Å². The quantitative estimate of drug-likeness (QED) is 0.903. The van der Waals surface area contributed by atoms with Crippen molar-refractivity contribution in [2.45, 2.75) is 46.1 Å². The van der Waals surface area contributed by atoms with E-state index >= 15 is 0 Å². The number of hydrogen-bond acceptors (Lipinski definition) is 4. The van der Waals surface area contributed by atoms with E-state index < -0.39 is 0 Å². The van der Waals surface area contributed by atoms with Gasteiger partial charge >= 0.3 is 0 Å². The normalized spacial score (nSPS) is 16.6. The zero-order chi connectivity index (χ0) is 13.8. The minimum absolute atomic E-state index is 0.0741. The molecule has 1 amide bonds. The molecule has 106 valence electrons. The molecule has 2 heterocycles. The molecule has 2 rings (SSSR count). The zero-order valence-electron chi connectivity index (χ0n) is 12.0. The van der Waals surface area contributed by atoms with E-state index in [1.54, 1.807) is 6.92 Å². The fourth-order valence-electron chi connectivity index (χ4n) is 2.74. The second-order valence-electron chi connectivity index (χ2n) is 5.18. The molecule has 0 unspecified atom stereocenters. The van der Waals surface area contributed by atoms with Crippen molar-refractivity contribution in [1.29, 1.82) is 0 Å². The molecule has 1 aromatic heterocycles. The Labute approximate surface area is 114 Å². The Balaban J connectivity index is 2.20. The van der Waals surface area contributed by atoms with Crippen LogP contribution in [0.2, 0.25) is 0 Å². The van der Waals surface area contributed by atoms with Gasteiger partial charge in [0.2, 0.25) is 0 Å². The number of carbonyl (C=O) groups is 1. The Hall–Kier alpha value is -1.36. The van der Waals surface area contributed by atoms with Crippen LogP contribution in [0.15, 0.2) is 4.52 Å². The van der Waals surface area contributed by atoms with Crippen LogP contribution < -0.4 is 5.32 Å². The lowest BCUT2D eigenvalue weighted by Gasteiger charge is -2.34. The molecule has 0 bridgehead atoms. The number of rotatable bonds is 4. The Morgan fingerprint density at radius 1 is 1.42 bits per heavy atom. The molecule has 5 nitrogen and oxygen atoms in total. The molecule has 0 atom stereocenters. The van der Waals surface area contributed by atoms with Gasteiger partial charge in [0, 0.05) is 12.6 Å². The van der Waals surface area contributed by atoms with Crippen molar-refractivity contribution in [2.24, 2.45) is 0 Å². The van der Waals surface area contributed by atoms with Crippen molar-refractivity contribution >= 4 is 5.91 Å². The number of nitrogens with one attached hydrogen (secondary N) is 1. The lowest BCUT2D eigenvalue weighted by atomic mass is 10.0. The first-order valence-electron chi connectivity index (χ1n) is 7.09. The third-order valence-electron chi connectivity index (χ3n) is 3.72. The third kappa shape index (κ3) is 2.97. The first-order chi connectivity index (χ1) is 9.15. The predicted octanol–water partition coefficient (Wildman–Crippen LogP) is 1.90. The standard InChI is InChI=1S/C14H23N3O2/c1-4-9-17(12-5-7-15-8-6-12)14(18)13-10(2)16-19-11(13)3/h12,15H,4-9H2,1-3H3. The van der Waals surface area contributed by atoms with Crippen LogP contribution in [0.3, 0.4) is 0 Å². The summed E-state index contributed by atoms with van der Waals surface area (Å²) < 4.78 is 5.12. The molecule has 1 saturated heterocycles. The molecule has 0 spiro atoms. The lowest BCUT2D eigenvalue weighted by Crippen LogP contribution is -2.46. The maximum atomic E-state index is 12.7. The minimum Gasteiger partial charge on any atom is -0.361 e. The largest absolute Gasteiger partial charge is 0.361 e. The molecule has 0 saturated carbocycles. The highest BCUT2D eigenvalue weighted by molar-refractivity contribution is 5.96. The van der Waals surface area contributed by atoms with Gasteiger partial charge in [0.25, 0.3) is 5.91 Å². The van der Waals surface area contributed by atoms with Crippen LogP contribution >= 0.6 is 0 Å². The summed E-state index contributed by atoms with van der Waals surface area (Å²) in [7, 11) is 0. The van der Waals surface area contributed by atoms with Gasteiger partial charge in [-0.3, -0.25) is 4.79 Å². The summed E-state index contributed by atoms with van der Waals surface area (Å²) in [5.74, 6) is 0.697. The second kappa shape index (κ2) is 6.19. The number of hydrogen-bond donors (Lipinski definition) is 1. The molecule has 0 radical (unpaired) electrons. The first-order valence-corrected chi connectivity index (χ1v) is 7.09. The van der Waals surface area contributed by atoms with Crippen LogP contribution in [0, 0.1) is 13.8 Å². The smallest absolute Gasteiger partial charge is 0.259 e. The molecule has 1 fully saturated rings. The molecular formula is C14H23N3O2. The number of nitrogens with zero attached hydrogens (tertiary/aromatic N) is 2. The van der Waals surface area contributed by atoms with Crippen molar-refractivity contribution in [2.75, 3.05) is 19.6 Å². The van der Waals surface area contributed by atoms with Crippen molar-refractivity contribution in [1.82, 2.24) is 15.4 Å². The van der Waals surface area contributed by atoms with Gasteiger partial charge < -0.3 is 14.7 Å². The molecule has 1 aliphatic heterocycles. The summed E-state index contributed by atoms with van der Waals surface area (Å²) >= 11 is 0. The second-order valence-corrected chi connectivity index (χ2v) is 5.18. The van der Waals surface area contributed by atoms with Gasteiger partial charge in [-0.25, -0.2) is 0 Å². The van der Waals surface area contributed by atoms with Crippen LogP contribution in [0.4, 0.5) is 0 Å². The Bertz CT molecular complexity index is 416. The van der Waals surface area contributed by atoms with E-state index in [2.05, 4.69) is 17.4 Å². The number of carbonyl (C=O) groups excluding carboxylic acids is 1. The number of piperidine rings is 1. The summed E-state index contributed by atoms with van der Waals surface area (Å²) in [4.78, 5) is 14.7. The van der Waals surface area contributed by atoms with E-state index in [-0.39, 0.29) is 5.91 Å². The fraction of sp³-hybridized carbons (Fsp3) is 0.714. The van der Waals surface area contributed by atoms with Crippen molar-refractivity contribution in [3.05, 3.63) is 17.0 Å². The summed E-state index contributed by atoms with van der Waals surface area (Å²) in [6, 6.07) is 0.336. The molecule has 19 heavy (non-hydrogen) atoms. The Morgan fingerprint density at radius 3 is 2.63 bits per heavy atom. The van der Waals surface area contributed by atoms with Gasteiger partial charge in [-0.2, -0.15) is 0 Å². The van der Waals surface area contributed by atoms with Crippen LogP contribution in [0.1, 0.15) is 48.0 Å². The first kappa shape index (κ1) is 14.1. The highest BCUT2D eigenvalue weighted by Crippen LogP contribution is 2.20. The maximum Gasteiger partial charge on any atom is 0.259 e. The topological polar surface area (TPSA) is 58.4 Å². The fourth-order valence-corrected chi connectivity index (χ4v) is 2.74. The zero-order valence-corrected chi connectivity index (χ0v) is 12.0. The van der Waals surface area contributed by atoms with Crippen molar-refractivity contribution in [3.63, 3.8) is 0 Å². The monoisotopic (exact) mass is 265 g/mol. The van der Waals surface area contributed by atoms with Crippen LogP contribution in [0.5, 0.6) is 0 Å². The predicted molar refractivity (Wildman–Crippen MR) is 73.2 cm³/mol. The summed E-state index contributed by atoms with van der Waals surface area (Å²) in [6.45, 7) is 8.51. The maximum absolute atomic E-state index is 12.7. The third-order valence-corrected chi connectivity index (χ3v) is 3.72. The lowest BCUT2D eigenvalue weighted by molar-refractivity contribution is 0.0640. The van der Waals surface area contributed by atoms with Crippen LogP contribution in [-0.4, -0.2) is 41.6 Å². The van der Waals surface area contributed by atoms with E-state index in [0.29, 0.717) is 23.1 Å². The average Bonchev–Trinajstić information content (AvgIpc) is 2.76. The van der Waals surface area contributed by atoms with E-state index in [0.717, 1.165) is 38.9 Å². The highest BCUT2D eigenvalue weighted by Gasteiger charge is 2.29. The molecule has 0 aromatic carbocycles. The highest BCUT2D eigenvalue weighted by atomic mass is 16.5. The van der Waals surface area contributed by atoms with E-state index in [9.17, 15) is 4.79 Å². The summed E-state index contributed by atoms with van der Waals surface area (Å²) in [5.41, 5.74) is 1.34. The SMILES string of the molecule is CCCN(C(=O)c1c(C)noc1C)C1CCNCC1. The Kier molecular flexibility index (Phi) is 4.58. The van der Waals surface area contributed by atoms with Crippen molar-refractivity contribution in [3.8, 4) is 0 Å². The van der Waals surface area contributed by atoms with Gasteiger partial charge in [-0.05, 0) is 46.2 Å².